The van der Waals surface area contributed by atoms with Gasteiger partial charge >= 0.3 is 0 Å². The molecule has 0 spiro atoms. The van der Waals surface area contributed by atoms with Crippen LogP contribution in [0.25, 0.3) is 0 Å². The zero-order valence-corrected chi connectivity index (χ0v) is 23.7. The lowest BCUT2D eigenvalue weighted by Crippen LogP contribution is -2.53. The second kappa shape index (κ2) is 11.9. The smallest absolute Gasteiger partial charge is 0.255 e. The largest absolute Gasteiger partial charge is 0.495 e. The van der Waals surface area contributed by atoms with Gasteiger partial charge in [0.15, 0.2) is 0 Å². The van der Waals surface area contributed by atoms with E-state index in [4.69, 9.17) is 25.8 Å². The monoisotopic (exact) mass is 584 g/mol. The lowest BCUT2D eigenvalue weighted by molar-refractivity contribution is 0.0141. The Morgan fingerprint density at radius 1 is 1.24 bits per heavy atom. The number of aromatic nitrogens is 2. The zero-order chi connectivity index (χ0) is 29.3. The van der Waals surface area contributed by atoms with Gasteiger partial charge in [0.1, 0.15) is 22.3 Å². The third kappa shape index (κ3) is 5.90. The van der Waals surface area contributed by atoms with Gasteiger partial charge in [0, 0.05) is 19.7 Å². The first-order chi connectivity index (χ1) is 19.7. The Hall–Kier alpha value is -4.00. The molecule has 1 saturated heterocycles. The number of carbonyl (C=O) groups excluding carboxylic acids is 2. The van der Waals surface area contributed by atoms with Crippen molar-refractivity contribution < 1.29 is 28.2 Å². The van der Waals surface area contributed by atoms with E-state index < -0.39 is 11.7 Å². The van der Waals surface area contributed by atoms with Gasteiger partial charge in [-0.15, -0.1) is 0 Å². The highest BCUT2D eigenvalue weighted by molar-refractivity contribution is 6.31. The standard InChI is InChI=1S/C28H30ClFN6O5/c1-14-15-6-5-7-21(24(15)26(38)32-14)41-27-17(29)12-31-28(35-27)34-20-11-18(30)16(10-22(20)39-3)25(37)33-19-8-9-36(2)13-23(19)40-4/h5-7,10-12,14,19,23H,8-9,13H2,1-4H3,(H,32,38)(H,33,37)(H,31,34,35)/t14-,19?,23-/m0/s1. The van der Waals surface area contributed by atoms with Gasteiger partial charge in [0.05, 0.1) is 48.3 Å². The predicted octanol–water partition coefficient (Wildman–Crippen LogP) is 4.07. The van der Waals surface area contributed by atoms with Gasteiger partial charge < -0.3 is 35.1 Å². The fourth-order valence-electron chi connectivity index (χ4n) is 5.01. The minimum atomic E-state index is -0.766. The number of fused-ring (bicyclic) bond motifs is 1. The number of rotatable bonds is 8. The molecule has 0 bridgehead atoms. The van der Waals surface area contributed by atoms with Crippen molar-refractivity contribution >= 4 is 35.1 Å². The summed E-state index contributed by atoms with van der Waals surface area (Å²) in [7, 11) is 4.97. The lowest BCUT2D eigenvalue weighted by Gasteiger charge is -2.36. The maximum absolute atomic E-state index is 15.2. The number of hydrogen-bond donors (Lipinski definition) is 3. The zero-order valence-electron chi connectivity index (χ0n) is 23.0. The SMILES string of the molecule is COc1cc(C(=O)NC2CCN(C)C[C@@H]2OC)c(F)cc1Nc1ncc(Cl)c(Oc2cccc3c2C(=O)N[C@H]3C)n1. The number of nitrogens with zero attached hydrogens (tertiary/aromatic N) is 3. The molecule has 11 nitrogen and oxygen atoms in total. The van der Waals surface area contributed by atoms with Crippen LogP contribution in [-0.4, -0.2) is 73.2 Å². The molecule has 2 aliphatic heterocycles. The van der Waals surface area contributed by atoms with Crippen molar-refractivity contribution in [1.29, 1.82) is 0 Å². The van der Waals surface area contributed by atoms with Gasteiger partial charge in [-0.1, -0.05) is 23.7 Å². The van der Waals surface area contributed by atoms with E-state index in [0.717, 1.165) is 18.2 Å². The number of benzene rings is 2. The van der Waals surface area contributed by atoms with Crippen molar-refractivity contribution in [3.63, 3.8) is 0 Å². The number of ether oxygens (including phenoxy) is 3. The maximum atomic E-state index is 15.2. The molecule has 3 N–H and O–H groups in total. The lowest BCUT2D eigenvalue weighted by atomic mass is 10.0. The molecule has 0 saturated carbocycles. The van der Waals surface area contributed by atoms with Crippen molar-refractivity contribution in [2.75, 3.05) is 39.7 Å². The molecular formula is C28H30ClFN6O5. The van der Waals surface area contributed by atoms with Crippen LogP contribution in [0.4, 0.5) is 16.0 Å². The third-order valence-electron chi connectivity index (χ3n) is 7.18. The molecule has 5 rings (SSSR count). The molecule has 1 aromatic heterocycles. The van der Waals surface area contributed by atoms with Crippen LogP contribution in [0.2, 0.25) is 5.02 Å². The van der Waals surface area contributed by atoms with Crippen LogP contribution in [0.15, 0.2) is 36.5 Å². The molecule has 1 unspecified atom stereocenters. The Bertz CT molecular complexity index is 1490. The molecule has 41 heavy (non-hydrogen) atoms. The molecule has 3 atom stereocenters. The Labute approximate surface area is 241 Å². The molecular weight excluding hydrogens is 555 g/mol. The Morgan fingerprint density at radius 2 is 2.05 bits per heavy atom. The maximum Gasteiger partial charge on any atom is 0.255 e. The number of nitrogens with one attached hydrogen (secondary N) is 3. The number of anilines is 2. The van der Waals surface area contributed by atoms with E-state index >= 15 is 4.39 Å². The number of carbonyl (C=O) groups is 2. The van der Waals surface area contributed by atoms with Crippen molar-refractivity contribution in [3.05, 3.63) is 64.1 Å². The number of amides is 2. The van der Waals surface area contributed by atoms with Crippen LogP contribution >= 0.6 is 11.6 Å². The molecule has 1 fully saturated rings. The molecule has 3 aromatic rings. The van der Waals surface area contributed by atoms with Crippen molar-refractivity contribution in [2.45, 2.75) is 31.5 Å². The van der Waals surface area contributed by atoms with Gasteiger partial charge in [-0.05, 0) is 44.6 Å². The van der Waals surface area contributed by atoms with Gasteiger partial charge in [0.25, 0.3) is 11.8 Å². The third-order valence-corrected chi connectivity index (χ3v) is 7.44. The van der Waals surface area contributed by atoms with E-state index in [2.05, 4.69) is 30.8 Å². The minimum Gasteiger partial charge on any atom is -0.495 e. The number of halogens is 2. The van der Waals surface area contributed by atoms with Crippen LogP contribution in [0.1, 0.15) is 45.7 Å². The van der Waals surface area contributed by atoms with Gasteiger partial charge in [-0.25, -0.2) is 9.37 Å². The van der Waals surface area contributed by atoms with Crippen molar-refractivity contribution in [2.24, 2.45) is 0 Å². The summed E-state index contributed by atoms with van der Waals surface area (Å²) in [6.45, 7) is 3.31. The van der Waals surface area contributed by atoms with E-state index in [0.29, 0.717) is 18.5 Å². The first kappa shape index (κ1) is 28.5. The summed E-state index contributed by atoms with van der Waals surface area (Å²) in [5.74, 6) is -1.10. The van der Waals surface area contributed by atoms with E-state index in [9.17, 15) is 9.59 Å². The quantitative estimate of drug-likeness (QED) is 0.359. The highest BCUT2D eigenvalue weighted by Crippen LogP contribution is 2.37. The molecule has 216 valence electrons. The fraction of sp³-hybridized carbons (Fsp3) is 0.357. The van der Waals surface area contributed by atoms with Gasteiger partial charge in [0.2, 0.25) is 11.8 Å². The molecule has 0 aliphatic carbocycles. The van der Waals surface area contributed by atoms with Crippen LogP contribution in [0, 0.1) is 5.82 Å². The topological polar surface area (TPSA) is 127 Å². The van der Waals surface area contributed by atoms with Crippen LogP contribution in [0.5, 0.6) is 17.4 Å². The second-order valence-electron chi connectivity index (χ2n) is 9.93. The highest BCUT2D eigenvalue weighted by atomic mass is 35.5. The summed E-state index contributed by atoms with van der Waals surface area (Å²) in [6.07, 6.45) is 1.78. The molecule has 2 aliphatic rings. The summed E-state index contributed by atoms with van der Waals surface area (Å²) in [6, 6.07) is 7.28. The van der Waals surface area contributed by atoms with Crippen molar-refractivity contribution in [1.82, 2.24) is 25.5 Å². The van der Waals surface area contributed by atoms with Crippen LogP contribution in [0.3, 0.4) is 0 Å². The molecule has 2 amide bonds. The molecule has 0 radical (unpaired) electrons. The van der Waals surface area contributed by atoms with Crippen LogP contribution < -0.4 is 25.4 Å². The number of likely N-dealkylation sites (tertiary alicyclic amines) is 1. The minimum absolute atomic E-state index is 0.00817. The van der Waals surface area contributed by atoms with E-state index in [1.807, 2.05) is 20.0 Å². The Balaban J connectivity index is 1.36. The van der Waals surface area contributed by atoms with Gasteiger partial charge in [-0.2, -0.15) is 4.98 Å². The average Bonchev–Trinajstić information content (AvgIpc) is 3.25. The summed E-state index contributed by atoms with van der Waals surface area (Å²) in [5, 5.41) is 8.73. The fourth-order valence-corrected chi connectivity index (χ4v) is 5.14. The van der Waals surface area contributed by atoms with E-state index in [1.165, 1.54) is 19.4 Å². The molecule has 2 aromatic carbocycles. The van der Waals surface area contributed by atoms with Crippen molar-refractivity contribution in [3.8, 4) is 17.4 Å². The number of likely N-dealkylation sites (N-methyl/N-ethyl adjacent to an activating group) is 1. The molecule has 3 heterocycles. The number of hydrogen-bond acceptors (Lipinski definition) is 9. The summed E-state index contributed by atoms with van der Waals surface area (Å²) in [4.78, 5) is 36.0. The predicted molar refractivity (Wildman–Crippen MR) is 150 cm³/mol. The summed E-state index contributed by atoms with van der Waals surface area (Å²) >= 11 is 6.29. The normalized spacial score (nSPS) is 20.2. The second-order valence-corrected chi connectivity index (χ2v) is 10.3. The van der Waals surface area contributed by atoms with Gasteiger partial charge in [-0.3, -0.25) is 9.59 Å². The summed E-state index contributed by atoms with van der Waals surface area (Å²) < 4.78 is 32.1. The number of methoxy groups -OCH3 is 2. The first-order valence-corrected chi connectivity index (χ1v) is 13.4. The highest BCUT2D eigenvalue weighted by Gasteiger charge is 2.31. The first-order valence-electron chi connectivity index (χ1n) is 13.0. The average molecular weight is 585 g/mol. The summed E-state index contributed by atoms with van der Waals surface area (Å²) in [5.41, 5.74) is 1.21. The molecule has 13 heteroatoms. The van der Waals surface area contributed by atoms with E-state index in [-0.39, 0.29) is 63.7 Å². The van der Waals surface area contributed by atoms with E-state index in [1.54, 1.807) is 19.2 Å². The van der Waals surface area contributed by atoms with Crippen LogP contribution in [-0.2, 0) is 4.74 Å². The number of piperidine rings is 1. The Kier molecular flexibility index (Phi) is 8.25. The Morgan fingerprint density at radius 3 is 2.80 bits per heavy atom.